The molecule has 1 saturated heterocycles. The van der Waals surface area contributed by atoms with Crippen molar-refractivity contribution in [1.29, 1.82) is 0 Å². The van der Waals surface area contributed by atoms with E-state index in [0.29, 0.717) is 44.0 Å². The van der Waals surface area contributed by atoms with Crippen LogP contribution in [0.2, 0.25) is 0 Å². The molecule has 35 heavy (non-hydrogen) atoms. The van der Waals surface area contributed by atoms with E-state index >= 15 is 0 Å². The van der Waals surface area contributed by atoms with E-state index in [1.807, 2.05) is 71.3 Å². The van der Waals surface area contributed by atoms with Gasteiger partial charge in [-0.25, -0.2) is 0 Å². The normalized spacial score (nSPS) is 22.3. The van der Waals surface area contributed by atoms with Crippen molar-refractivity contribution in [2.24, 2.45) is 0 Å². The Balaban J connectivity index is 1.53. The Morgan fingerprint density at radius 3 is 2.37 bits per heavy atom. The highest BCUT2D eigenvalue weighted by Crippen LogP contribution is 2.26. The van der Waals surface area contributed by atoms with Gasteiger partial charge in [0.15, 0.2) is 0 Å². The molecule has 0 spiro atoms. The second-order valence-electron chi connectivity index (χ2n) is 9.53. The van der Waals surface area contributed by atoms with E-state index in [2.05, 4.69) is 0 Å². The molecule has 0 radical (unpaired) electrons. The lowest BCUT2D eigenvalue weighted by atomic mass is 10.1. The van der Waals surface area contributed by atoms with Crippen molar-refractivity contribution >= 4 is 11.8 Å². The SMILES string of the molecule is CCN1CCCCCCCCO[C@@H]2CN(C(=O)Cc3ccccc3)C[C@H]2Oc2ccccc2C1=O. The molecule has 2 aliphatic heterocycles. The van der Waals surface area contributed by atoms with Gasteiger partial charge in [-0.05, 0) is 37.5 Å². The molecule has 2 aliphatic rings. The van der Waals surface area contributed by atoms with Crippen LogP contribution >= 0.6 is 0 Å². The average Bonchev–Trinajstić information content (AvgIpc) is 3.28. The van der Waals surface area contributed by atoms with Crippen LogP contribution in [0, 0.1) is 0 Å². The summed E-state index contributed by atoms with van der Waals surface area (Å²) in [6.07, 6.45) is 6.48. The number of carbonyl (C=O) groups excluding carboxylic acids is 2. The van der Waals surface area contributed by atoms with Crippen LogP contribution in [0.3, 0.4) is 0 Å². The molecule has 6 nitrogen and oxygen atoms in total. The molecule has 0 saturated carbocycles. The topological polar surface area (TPSA) is 59.1 Å². The van der Waals surface area contributed by atoms with Crippen molar-refractivity contribution in [3.63, 3.8) is 0 Å². The number of likely N-dealkylation sites (tertiary alicyclic amines) is 1. The summed E-state index contributed by atoms with van der Waals surface area (Å²) in [5, 5.41) is 0. The Kier molecular flexibility index (Phi) is 9.18. The van der Waals surface area contributed by atoms with Crippen LogP contribution < -0.4 is 4.74 Å². The van der Waals surface area contributed by atoms with Gasteiger partial charge in [-0.15, -0.1) is 0 Å². The molecule has 0 bridgehead atoms. The first-order chi connectivity index (χ1) is 17.2. The Bertz CT molecular complexity index is 964. The molecule has 2 heterocycles. The largest absolute Gasteiger partial charge is 0.485 e. The van der Waals surface area contributed by atoms with Gasteiger partial charge in [0.05, 0.1) is 25.1 Å². The molecule has 0 unspecified atom stereocenters. The average molecular weight is 479 g/mol. The first-order valence-corrected chi connectivity index (χ1v) is 13.1. The Morgan fingerprint density at radius 1 is 0.886 bits per heavy atom. The summed E-state index contributed by atoms with van der Waals surface area (Å²) in [5.41, 5.74) is 1.58. The van der Waals surface area contributed by atoms with Crippen molar-refractivity contribution in [2.45, 2.75) is 64.1 Å². The molecule has 2 atom stereocenters. The van der Waals surface area contributed by atoms with Gasteiger partial charge in [-0.2, -0.15) is 0 Å². The van der Waals surface area contributed by atoms with Gasteiger partial charge in [0.1, 0.15) is 18.0 Å². The minimum absolute atomic E-state index is 0.00247. The van der Waals surface area contributed by atoms with Crippen LogP contribution in [-0.2, 0) is 16.0 Å². The Morgan fingerprint density at radius 2 is 1.57 bits per heavy atom. The highest BCUT2D eigenvalue weighted by atomic mass is 16.5. The van der Waals surface area contributed by atoms with Crippen LogP contribution in [0.5, 0.6) is 5.75 Å². The number of hydrogen-bond donors (Lipinski definition) is 0. The fourth-order valence-corrected chi connectivity index (χ4v) is 4.93. The van der Waals surface area contributed by atoms with E-state index in [1.165, 1.54) is 12.8 Å². The number of rotatable bonds is 3. The highest BCUT2D eigenvalue weighted by Gasteiger charge is 2.38. The van der Waals surface area contributed by atoms with E-state index < -0.39 is 0 Å². The number of nitrogens with zero attached hydrogens (tertiary/aromatic N) is 2. The predicted molar refractivity (Wildman–Crippen MR) is 137 cm³/mol. The van der Waals surface area contributed by atoms with Gasteiger partial charge in [0.25, 0.3) is 5.91 Å². The summed E-state index contributed by atoms with van der Waals surface area (Å²) >= 11 is 0. The van der Waals surface area contributed by atoms with E-state index in [1.54, 1.807) is 0 Å². The summed E-state index contributed by atoms with van der Waals surface area (Å²) in [5.74, 6) is 0.644. The summed E-state index contributed by atoms with van der Waals surface area (Å²) in [6.45, 7) is 5.08. The minimum atomic E-state index is -0.313. The van der Waals surface area contributed by atoms with Gasteiger partial charge >= 0.3 is 0 Å². The standard InChI is InChI=1S/C29H38N2O4/c1-2-30-18-12-5-3-4-6-13-19-34-26-21-31(28(32)20-23-14-8-7-9-15-23)22-27(26)35-25-17-11-10-16-24(25)29(30)33/h7-11,14-17,26-27H,2-6,12-13,18-22H2,1H3/t26-,27-/m1/s1. The zero-order chi connectivity index (χ0) is 24.5. The monoisotopic (exact) mass is 478 g/mol. The van der Waals surface area contributed by atoms with Gasteiger partial charge in [0, 0.05) is 19.7 Å². The maximum Gasteiger partial charge on any atom is 0.257 e. The quantitative estimate of drug-likeness (QED) is 0.641. The third kappa shape index (κ3) is 6.85. The molecule has 1 fully saturated rings. The molecule has 2 aromatic carbocycles. The molecule has 2 amide bonds. The van der Waals surface area contributed by atoms with E-state index in [4.69, 9.17) is 9.47 Å². The van der Waals surface area contributed by atoms with Crippen LogP contribution in [-0.4, -0.2) is 66.6 Å². The van der Waals surface area contributed by atoms with Crippen molar-refractivity contribution in [3.8, 4) is 5.75 Å². The lowest BCUT2D eigenvalue weighted by Gasteiger charge is -2.25. The fraction of sp³-hybridized carbons (Fsp3) is 0.517. The number of amides is 2. The minimum Gasteiger partial charge on any atom is -0.485 e. The molecule has 188 valence electrons. The summed E-state index contributed by atoms with van der Waals surface area (Å²) in [6, 6.07) is 17.3. The Labute approximate surface area is 209 Å². The number of hydrogen-bond acceptors (Lipinski definition) is 4. The van der Waals surface area contributed by atoms with Crippen molar-refractivity contribution in [3.05, 3.63) is 65.7 Å². The second kappa shape index (κ2) is 12.7. The number of para-hydroxylation sites is 1. The van der Waals surface area contributed by atoms with Crippen LogP contribution in [0.4, 0.5) is 0 Å². The smallest absolute Gasteiger partial charge is 0.257 e. The van der Waals surface area contributed by atoms with Crippen LogP contribution in [0.25, 0.3) is 0 Å². The molecule has 6 heteroatoms. The van der Waals surface area contributed by atoms with E-state index in [0.717, 1.165) is 37.8 Å². The van der Waals surface area contributed by atoms with Gasteiger partial charge in [-0.1, -0.05) is 68.1 Å². The fourth-order valence-electron chi connectivity index (χ4n) is 4.93. The number of benzene rings is 2. The third-order valence-corrected chi connectivity index (χ3v) is 6.99. The third-order valence-electron chi connectivity index (χ3n) is 6.99. The van der Waals surface area contributed by atoms with Crippen LogP contribution in [0.1, 0.15) is 61.4 Å². The first kappa shape index (κ1) is 25.2. The van der Waals surface area contributed by atoms with Gasteiger partial charge in [0.2, 0.25) is 5.91 Å². The molecular weight excluding hydrogens is 440 g/mol. The molecule has 4 rings (SSSR count). The van der Waals surface area contributed by atoms with Crippen molar-refractivity contribution in [1.82, 2.24) is 9.80 Å². The molecule has 0 aliphatic carbocycles. The number of fused-ring (bicyclic) bond motifs is 2. The summed E-state index contributed by atoms with van der Waals surface area (Å²) < 4.78 is 12.7. The Hall–Kier alpha value is -2.86. The molecule has 0 aromatic heterocycles. The highest BCUT2D eigenvalue weighted by molar-refractivity contribution is 5.97. The molecule has 0 N–H and O–H groups in total. The van der Waals surface area contributed by atoms with Gasteiger partial charge < -0.3 is 19.3 Å². The number of carbonyl (C=O) groups is 2. The summed E-state index contributed by atoms with van der Waals surface area (Å²) in [4.78, 5) is 30.2. The maximum atomic E-state index is 13.4. The zero-order valence-electron chi connectivity index (χ0n) is 20.9. The van der Waals surface area contributed by atoms with E-state index in [9.17, 15) is 9.59 Å². The van der Waals surface area contributed by atoms with Crippen molar-refractivity contribution in [2.75, 3.05) is 32.8 Å². The lowest BCUT2D eigenvalue weighted by Crippen LogP contribution is -2.35. The second-order valence-corrected chi connectivity index (χ2v) is 9.53. The number of ether oxygens (including phenoxy) is 2. The molecule has 2 aromatic rings. The maximum absolute atomic E-state index is 13.4. The predicted octanol–water partition coefficient (Wildman–Crippen LogP) is 4.72. The zero-order valence-corrected chi connectivity index (χ0v) is 20.9. The van der Waals surface area contributed by atoms with Gasteiger partial charge in [-0.3, -0.25) is 9.59 Å². The lowest BCUT2D eigenvalue weighted by molar-refractivity contribution is -0.130. The summed E-state index contributed by atoms with van der Waals surface area (Å²) in [7, 11) is 0. The van der Waals surface area contributed by atoms with Crippen molar-refractivity contribution < 1.29 is 19.1 Å². The molecular formula is C29H38N2O4. The van der Waals surface area contributed by atoms with Crippen LogP contribution in [0.15, 0.2) is 54.6 Å². The van der Waals surface area contributed by atoms with E-state index in [-0.39, 0.29) is 24.0 Å². The first-order valence-electron chi connectivity index (χ1n) is 13.1.